The summed E-state index contributed by atoms with van der Waals surface area (Å²) in [5.41, 5.74) is 1.02. The molecule has 0 radical (unpaired) electrons. The molecule has 0 aromatic carbocycles. The molecule has 22 heavy (non-hydrogen) atoms. The van der Waals surface area contributed by atoms with Crippen molar-refractivity contribution in [2.75, 3.05) is 25.0 Å². The van der Waals surface area contributed by atoms with Crippen molar-refractivity contribution < 1.29 is 4.79 Å². The second kappa shape index (κ2) is 6.23. The summed E-state index contributed by atoms with van der Waals surface area (Å²) in [6.45, 7) is 5.87. The van der Waals surface area contributed by atoms with Gasteiger partial charge in [-0.2, -0.15) is 0 Å². The number of aryl methyl sites for hydroxylation is 2. The van der Waals surface area contributed by atoms with Crippen molar-refractivity contribution in [3.8, 4) is 0 Å². The van der Waals surface area contributed by atoms with Crippen LogP contribution in [0.25, 0.3) is 0 Å². The third-order valence-electron chi connectivity index (χ3n) is 5.09. The number of carbonyl (C=O) groups is 1. The second-order valence-corrected chi connectivity index (χ2v) is 6.71. The lowest BCUT2D eigenvalue weighted by atomic mass is 9.84. The van der Waals surface area contributed by atoms with Crippen LogP contribution in [0.15, 0.2) is 6.07 Å². The molecular weight excluding hydrogens is 276 g/mol. The first-order valence-corrected chi connectivity index (χ1v) is 8.38. The van der Waals surface area contributed by atoms with E-state index in [1.165, 1.54) is 6.42 Å². The summed E-state index contributed by atoms with van der Waals surface area (Å²) in [5, 5.41) is 0. The summed E-state index contributed by atoms with van der Waals surface area (Å²) >= 11 is 0. The molecular formula is C17H26N4O. The van der Waals surface area contributed by atoms with Crippen LogP contribution in [-0.4, -0.2) is 47.0 Å². The number of piperidine rings is 1. The van der Waals surface area contributed by atoms with Crippen molar-refractivity contribution in [3.05, 3.63) is 17.6 Å². The number of amides is 1. The lowest BCUT2D eigenvalue weighted by Crippen LogP contribution is -2.48. The van der Waals surface area contributed by atoms with E-state index in [2.05, 4.69) is 20.9 Å². The van der Waals surface area contributed by atoms with Gasteiger partial charge in [-0.05, 0) is 39.5 Å². The van der Waals surface area contributed by atoms with Crippen LogP contribution in [0, 0.1) is 19.8 Å². The minimum absolute atomic E-state index is 0.301. The highest BCUT2D eigenvalue weighted by Gasteiger charge is 2.32. The Morgan fingerprint density at radius 1 is 1.18 bits per heavy atom. The van der Waals surface area contributed by atoms with Crippen molar-refractivity contribution in [1.82, 2.24) is 14.9 Å². The molecule has 1 aromatic rings. The molecule has 2 aliphatic rings. The molecule has 3 rings (SSSR count). The first kappa shape index (κ1) is 15.3. The highest BCUT2D eigenvalue weighted by atomic mass is 16.2. The Morgan fingerprint density at radius 2 is 1.86 bits per heavy atom. The van der Waals surface area contributed by atoms with E-state index in [0.29, 0.717) is 17.9 Å². The van der Waals surface area contributed by atoms with E-state index in [1.54, 1.807) is 0 Å². The zero-order valence-corrected chi connectivity index (χ0v) is 13.9. The first-order chi connectivity index (χ1) is 10.5. The fourth-order valence-electron chi connectivity index (χ4n) is 3.46. The van der Waals surface area contributed by atoms with E-state index in [1.807, 2.05) is 25.8 Å². The molecule has 0 bridgehead atoms. The lowest BCUT2D eigenvalue weighted by molar-refractivity contribution is -0.139. The van der Waals surface area contributed by atoms with Crippen LogP contribution in [-0.2, 0) is 4.79 Å². The van der Waals surface area contributed by atoms with E-state index in [0.717, 1.165) is 56.1 Å². The molecule has 0 atom stereocenters. The Hall–Kier alpha value is -1.65. The molecule has 0 N–H and O–H groups in total. The normalized spacial score (nSPS) is 19.9. The minimum atomic E-state index is 0.301. The van der Waals surface area contributed by atoms with Crippen molar-refractivity contribution in [3.63, 3.8) is 0 Å². The average molecular weight is 302 g/mol. The molecule has 1 aliphatic heterocycles. The number of nitrogens with zero attached hydrogens (tertiary/aromatic N) is 4. The first-order valence-electron chi connectivity index (χ1n) is 8.38. The van der Waals surface area contributed by atoms with Gasteiger partial charge in [0.15, 0.2) is 0 Å². The lowest BCUT2D eigenvalue weighted by Gasteiger charge is -2.39. The van der Waals surface area contributed by atoms with Gasteiger partial charge in [0.1, 0.15) is 11.6 Å². The van der Waals surface area contributed by atoms with Gasteiger partial charge in [-0.1, -0.05) is 6.42 Å². The highest BCUT2D eigenvalue weighted by Crippen LogP contribution is 2.30. The van der Waals surface area contributed by atoms with Crippen molar-refractivity contribution >= 4 is 11.7 Å². The zero-order valence-electron chi connectivity index (χ0n) is 13.9. The second-order valence-electron chi connectivity index (χ2n) is 6.71. The molecule has 1 saturated heterocycles. The van der Waals surface area contributed by atoms with Crippen LogP contribution in [0.4, 0.5) is 5.82 Å². The zero-order chi connectivity index (χ0) is 15.7. The molecule has 1 aromatic heterocycles. The summed E-state index contributed by atoms with van der Waals surface area (Å²) in [6, 6.07) is 2.43. The predicted molar refractivity (Wildman–Crippen MR) is 86.9 cm³/mol. The van der Waals surface area contributed by atoms with Crippen LogP contribution in [0.1, 0.15) is 43.6 Å². The third kappa shape index (κ3) is 3.08. The molecule has 2 heterocycles. The molecule has 5 nitrogen and oxygen atoms in total. The van der Waals surface area contributed by atoms with Gasteiger partial charge < -0.3 is 9.80 Å². The van der Waals surface area contributed by atoms with Gasteiger partial charge in [0.25, 0.3) is 0 Å². The van der Waals surface area contributed by atoms with Gasteiger partial charge in [0.2, 0.25) is 5.91 Å². The Morgan fingerprint density at radius 3 is 2.41 bits per heavy atom. The molecule has 5 heteroatoms. The number of hydrogen-bond acceptors (Lipinski definition) is 4. The smallest absolute Gasteiger partial charge is 0.225 e. The number of anilines is 1. The minimum Gasteiger partial charge on any atom is -0.356 e. The molecule has 120 valence electrons. The van der Waals surface area contributed by atoms with Crippen LogP contribution < -0.4 is 4.90 Å². The largest absolute Gasteiger partial charge is 0.356 e. The molecule has 0 spiro atoms. The fourth-order valence-corrected chi connectivity index (χ4v) is 3.46. The van der Waals surface area contributed by atoms with Crippen molar-refractivity contribution in [2.45, 2.75) is 52.0 Å². The summed E-state index contributed by atoms with van der Waals surface area (Å²) < 4.78 is 0. The van der Waals surface area contributed by atoms with Crippen molar-refractivity contribution in [2.24, 2.45) is 5.92 Å². The van der Waals surface area contributed by atoms with Crippen LogP contribution in [0.3, 0.4) is 0 Å². The maximum Gasteiger partial charge on any atom is 0.225 e. The van der Waals surface area contributed by atoms with Gasteiger partial charge in [-0.15, -0.1) is 0 Å². The van der Waals surface area contributed by atoms with Crippen LogP contribution in [0.5, 0.6) is 0 Å². The molecule has 2 fully saturated rings. The van der Waals surface area contributed by atoms with Gasteiger partial charge >= 0.3 is 0 Å². The average Bonchev–Trinajstić information content (AvgIpc) is 2.44. The Kier molecular flexibility index (Phi) is 4.32. The van der Waals surface area contributed by atoms with Crippen LogP contribution in [0.2, 0.25) is 0 Å². The number of rotatable bonds is 3. The molecule has 0 unspecified atom stereocenters. The van der Waals surface area contributed by atoms with Crippen LogP contribution >= 0.6 is 0 Å². The van der Waals surface area contributed by atoms with Crippen molar-refractivity contribution in [1.29, 1.82) is 0 Å². The van der Waals surface area contributed by atoms with Gasteiger partial charge in [0.05, 0.1) is 0 Å². The van der Waals surface area contributed by atoms with E-state index in [4.69, 9.17) is 0 Å². The molecule has 1 amide bonds. The Bertz CT molecular complexity index is 527. The summed E-state index contributed by atoms with van der Waals surface area (Å²) in [6.07, 6.45) is 5.44. The summed E-state index contributed by atoms with van der Waals surface area (Å²) in [4.78, 5) is 25.6. The monoisotopic (exact) mass is 302 g/mol. The Labute approximate surface area is 132 Å². The maximum atomic E-state index is 12.4. The van der Waals surface area contributed by atoms with Gasteiger partial charge in [-0.3, -0.25) is 4.79 Å². The SMILES string of the molecule is Cc1cc(N2CCC(N(C)C(=O)C3CCC3)CC2)nc(C)n1. The van der Waals surface area contributed by atoms with E-state index < -0.39 is 0 Å². The van der Waals surface area contributed by atoms with E-state index >= 15 is 0 Å². The Balaban J connectivity index is 1.58. The summed E-state index contributed by atoms with van der Waals surface area (Å²) in [7, 11) is 1.99. The van der Waals surface area contributed by atoms with Gasteiger partial charge in [-0.25, -0.2) is 9.97 Å². The van der Waals surface area contributed by atoms with E-state index in [9.17, 15) is 4.79 Å². The third-order valence-corrected chi connectivity index (χ3v) is 5.09. The predicted octanol–water partition coefficient (Wildman–Crippen LogP) is 2.32. The van der Waals surface area contributed by atoms with E-state index in [-0.39, 0.29) is 0 Å². The quantitative estimate of drug-likeness (QED) is 0.860. The standard InChI is InChI=1S/C17H26N4O/c1-12-11-16(19-13(2)18-12)21-9-7-15(8-10-21)20(3)17(22)14-5-4-6-14/h11,14-15H,4-10H2,1-3H3. The number of hydrogen-bond donors (Lipinski definition) is 0. The van der Waals surface area contributed by atoms with Gasteiger partial charge in [0, 0.05) is 43.9 Å². The maximum absolute atomic E-state index is 12.4. The molecule has 1 aliphatic carbocycles. The topological polar surface area (TPSA) is 49.3 Å². The highest BCUT2D eigenvalue weighted by molar-refractivity contribution is 5.79. The molecule has 1 saturated carbocycles. The number of aromatic nitrogens is 2. The number of carbonyl (C=O) groups excluding carboxylic acids is 1. The summed E-state index contributed by atoms with van der Waals surface area (Å²) in [5.74, 6) is 2.51. The fraction of sp³-hybridized carbons (Fsp3) is 0.706.